The summed E-state index contributed by atoms with van der Waals surface area (Å²) in [6.45, 7) is 5.64. The van der Waals surface area contributed by atoms with Crippen LogP contribution in [0.15, 0.2) is 24.3 Å². The number of aliphatic hydroxyl groups excluding tert-OH is 1. The molecule has 4 aliphatic carbocycles. The Labute approximate surface area is 145 Å². The lowest BCUT2D eigenvalue weighted by Gasteiger charge is -2.44. The molecule has 8 atom stereocenters. The van der Waals surface area contributed by atoms with Crippen LogP contribution in [0.25, 0.3) is 0 Å². The standard InChI is InChI=1S/C19H22O6/c1-9-7-17-8-18(9,24)5-3-10(17)19-6-4-11(20)16(2,15(23)25-19)13(19)12(17)14(21)22/h4,6,10-13,20,24H,1,3,5,7-8H2,2H3,(H,21,22)/t10?,11-,12+,13?,16-,17-,18-,19?/m0/s1. The van der Waals surface area contributed by atoms with Gasteiger partial charge in [-0.15, -0.1) is 0 Å². The van der Waals surface area contributed by atoms with Gasteiger partial charge in [0.1, 0.15) is 11.0 Å². The molecule has 1 saturated heterocycles. The quantitative estimate of drug-likeness (QED) is 0.484. The smallest absolute Gasteiger partial charge is 0.316 e. The van der Waals surface area contributed by atoms with Gasteiger partial charge in [0.2, 0.25) is 0 Å². The highest BCUT2D eigenvalue weighted by atomic mass is 16.6. The minimum atomic E-state index is -1.27. The van der Waals surface area contributed by atoms with E-state index in [4.69, 9.17) is 4.74 Å². The molecule has 3 N–H and O–H groups in total. The number of ether oxygens (including phenoxy) is 1. The Kier molecular flexibility index (Phi) is 2.50. The van der Waals surface area contributed by atoms with Crippen molar-refractivity contribution in [1.82, 2.24) is 0 Å². The fraction of sp³-hybridized carbons (Fsp3) is 0.684. The highest BCUT2D eigenvalue weighted by molar-refractivity contribution is 5.86. The van der Waals surface area contributed by atoms with Gasteiger partial charge in [-0.1, -0.05) is 12.7 Å². The summed E-state index contributed by atoms with van der Waals surface area (Å²) < 4.78 is 5.87. The summed E-state index contributed by atoms with van der Waals surface area (Å²) in [6, 6.07) is 0. The molecule has 3 unspecified atom stereocenters. The van der Waals surface area contributed by atoms with E-state index in [0.29, 0.717) is 31.3 Å². The number of carbonyl (C=O) groups is 2. The van der Waals surface area contributed by atoms with Crippen molar-refractivity contribution in [3.8, 4) is 0 Å². The molecule has 0 amide bonds. The van der Waals surface area contributed by atoms with E-state index in [0.717, 1.165) is 0 Å². The number of hydrogen-bond acceptors (Lipinski definition) is 5. The van der Waals surface area contributed by atoms with E-state index in [-0.39, 0.29) is 5.92 Å². The minimum Gasteiger partial charge on any atom is -0.481 e. The summed E-state index contributed by atoms with van der Waals surface area (Å²) in [7, 11) is 0. The van der Waals surface area contributed by atoms with Crippen LogP contribution in [-0.4, -0.2) is 44.6 Å². The van der Waals surface area contributed by atoms with Crippen LogP contribution in [0.2, 0.25) is 0 Å². The molecule has 5 aliphatic rings. The van der Waals surface area contributed by atoms with Crippen molar-refractivity contribution in [3.63, 3.8) is 0 Å². The summed E-state index contributed by atoms with van der Waals surface area (Å²) in [5.41, 5.74) is -3.29. The van der Waals surface area contributed by atoms with Gasteiger partial charge in [-0.05, 0) is 49.7 Å². The maximum atomic E-state index is 12.7. The first-order chi connectivity index (χ1) is 11.6. The number of carbonyl (C=O) groups excluding carboxylic acids is 1. The zero-order chi connectivity index (χ0) is 18.0. The lowest BCUT2D eigenvalue weighted by molar-refractivity contribution is -0.163. The number of aliphatic hydroxyl groups is 2. The maximum Gasteiger partial charge on any atom is 0.316 e. The molecule has 4 bridgehead atoms. The molecule has 1 aliphatic heterocycles. The summed E-state index contributed by atoms with van der Waals surface area (Å²) in [5, 5.41) is 31.6. The Morgan fingerprint density at radius 1 is 1.44 bits per heavy atom. The van der Waals surface area contributed by atoms with Gasteiger partial charge >= 0.3 is 11.9 Å². The number of aliphatic carboxylic acids is 1. The van der Waals surface area contributed by atoms with Crippen LogP contribution < -0.4 is 0 Å². The van der Waals surface area contributed by atoms with E-state index in [1.165, 1.54) is 0 Å². The van der Waals surface area contributed by atoms with Crippen molar-refractivity contribution in [1.29, 1.82) is 0 Å². The van der Waals surface area contributed by atoms with E-state index in [9.17, 15) is 24.9 Å². The number of rotatable bonds is 1. The van der Waals surface area contributed by atoms with Crippen molar-refractivity contribution < 1.29 is 29.6 Å². The molecular weight excluding hydrogens is 324 g/mol. The number of esters is 1. The Hall–Kier alpha value is -1.66. The van der Waals surface area contributed by atoms with Crippen molar-refractivity contribution in [2.75, 3.05) is 0 Å². The van der Waals surface area contributed by atoms with Crippen LogP contribution >= 0.6 is 0 Å². The van der Waals surface area contributed by atoms with Gasteiger partial charge in [-0.25, -0.2) is 0 Å². The maximum absolute atomic E-state index is 12.7. The van der Waals surface area contributed by atoms with Crippen LogP contribution in [0.4, 0.5) is 0 Å². The van der Waals surface area contributed by atoms with Gasteiger partial charge in [0, 0.05) is 11.8 Å². The Morgan fingerprint density at radius 2 is 2.16 bits per heavy atom. The SMILES string of the molecule is C=C1C[C@]23C[C@@]1(O)CCC2C12C=C[C@H](O)[C@](C)(C(=O)O1)C2[C@@H]3C(=O)O. The second-order valence-corrected chi connectivity index (χ2v) is 8.94. The lowest BCUT2D eigenvalue weighted by Crippen LogP contribution is -2.50. The normalized spacial score (nSPS) is 58.0. The van der Waals surface area contributed by atoms with E-state index in [1.807, 2.05) is 0 Å². The number of fused-ring (bicyclic) bond motifs is 1. The third kappa shape index (κ3) is 1.36. The molecule has 1 heterocycles. The zero-order valence-electron chi connectivity index (χ0n) is 14.1. The van der Waals surface area contributed by atoms with Crippen LogP contribution in [0.5, 0.6) is 0 Å². The molecule has 0 aromatic heterocycles. The highest BCUT2D eigenvalue weighted by Crippen LogP contribution is 2.77. The second-order valence-electron chi connectivity index (χ2n) is 8.94. The first kappa shape index (κ1) is 15.6. The predicted octanol–water partition coefficient (Wildman–Crippen LogP) is 1.03. The average molecular weight is 346 g/mol. The van der Waals surface area contributed by atoms with E-state index in [1.54, 1.807) is 19.1 Å². The van der Waals surface area contributed by atoms with Gasteiger partial charge in [-0.3, -0.25) is 9.59 Å². The monoisotopic (exact) mass is 346 g/mol. The molecule has 25 heavy (non-hydrogen) atoms. The third-order valence-corrected chi connectivity index (χ3v) is 8.12. The molecule has 0 radical (unpaired) electrons. The van der Waals surface area contributed by atoms with Crippen molar-refractivity contribution in [2.45, 2.75) is 49.9 Å². The second kappa shape index (κ2) is 4.01. The predicted molar refractivity (Wildman–Crippen MR) is 85.2 cm³/mol. The molecule has 134 valence electrons. The summed E-state index contributed by atoms with van der Waals surface area (Å²) >= 11 is 0. The summed E-state index contributed by atoms with van der Waals surface area (Å²) in [5.74, 6) is -3.18. The average Bonchev–Trinajstić information content (AvgIpc) is 2.95. The highest BCUT2D eigenvalue weighted by Gasteiger charge is 2.83. The topological polar surface area (TPSA) is 104 Å². The first-order valence-corrected chi connectivity index (χ1v) is 8.86. The van der Waals surface area contributed by atoms with E-state index in [2.05, 4.69) is 6.58 Å². The third-order valence-electron chi connectivity index (χ3n) is 8.12. The summed E-state index contributed by atoms with van der Waals surface area (Å²) in [4.78, 5) is 25.1. The van der Waals surface area contributed by atoms with Gasteiger partial charge in [0.05, 0.1) is 17.6 Å². The Balaban J connectivity index is 1.78. The molecule has 5 rings (SSSR count). The van der Waals surface area contributed by atoms with Crippen LogP contribution in [-0.2, 0) is 14.3 Å². The lowest BCUT2D eigenvalue weighted by atomic mass is 9.61. The molecule has 1 spiro atoms. The molecule has 4 fully saturated rings. The van der Waals surface area contributed by atoms with Crippen LogP contribution in [0.1, 0.15) is 32.6 Å². The minimum absolute atomic E-state index is 0.180. The number of carboxylic acids is 1. The van der Waals surface area contributed by atoms with Gasteiger partial charge in [0.15, 0.2) is 0 Å². The molecule has 3 saturated carbocycles. The molecular formula is C19H22O6. The summed E-state index contributed by atoms with van der Waals surface area (Å²) in [6.07, 6.45) is 4.11. The van der Waals surface area contributed by atoms with Gasteiger partial charge in [-0.2, -0.15) is 0 Å². The zero-order valence-corrected chi connectivity index (χ0v) is 14.1. The molecule has 0 aromatic rings. The Bertz CT molecular complexity index is 772. The molecule has 6 nitrogen and oxygen atoms in total. The fourth-order valence-corrected chi connectivity index (χ4v) is 7.13. The molecule has 0 aromatic carbocycles. The largest absolute Gasteiger partial charge is 0.481 e. The number of hydrogen-bond donors (Lipinski definition) is 3. The van der Waals surface area contributed by atoms with Crippen LogP contribution in [0, 0.1) is 28.6 Å². The van der Waals surface area contributed by atoms with E-state index >= 15 is 0 Å². The first-order valence-electron chi connectivity index (χ1n) is 8.86. The number of carboxylic acid groups (broad SMARTS) is 1. The van der Waals surface area contributed by atoms with Crippen molar-refractivity contribution >= 4 is 11.9 Å². The van der Waals surface area contributed by atoms with Gasteiger partial charge < -0.3 is 20.1 Å². The van der Waals surface area contributed by atoms with Crippen molar-refractivity contribution in [2.24, 2.45) is 28.6 Å². The van der Waals surface area contributed by atoms with Crippen LogP contribution in [0.3, 0.4) is 0 Å². The van der Waals surface area contributed by atoms with Gasteiger partial charge in [0.25, 0.3) is 0 Å². The Morgan fingerprint density at radius 3 is 2.84 bits per heavy atom. The van der Waals surface area contributed by atoms with Crippen molar-refractivity contribution in [3.05, 3.63) is 24.3 Å². The van der Waals surface area contributed by atoms with E-state index < -0.39 is 51.9 Å². The fourth-order valence-electron chi connectivity index (χ4n) is 7.13. The molecule has 6 heteroatoms.